The van der Waals surface area contributed by atoms with Crippen molar-refractivity contribution in [1.29, 1.82) is 0 Å². The minimum Gasteiger partial charge on any atom is -0.389 e. The molecule has 0 aromatic carbocycles. The summed E-state index contributed by atoms with van der Waals surface area (Å²) in [7, 11) is 3.76. The van der Waals surface area contributed by atoms with E-state index in [9.17, 15) is 10.2 Å². The van der Waals surface area contributed by atoms with Gasteiger partial charge < -0.3 is 20.8 Å². The summed E-state index contributed by atoms with van der Waals surface area (Å²) >= 11 is 0. The first-order chi connectivity index (χ1) is 8.00. The third-order valence-corrected chi connectivity index (χ3v) is 3.72. The Hall–Kier alpha value is -0.160. The first-order valence-corrected chi connectivity index (χ1v) is 6.77. The predicted molar refractivity (Wildman–Crippen MR) is 69.7 cm³/mol. The molecular weight excluding hydrogens is 216 g/mol. The van der Waals surface area contributed by atoms with Crippen LogP contribution in [0.25, 0.3) is 0 Å². The molecule has 17 heavy (non-hydrogen) atoms. The van der Waals surface area contributed by atoms with Crippen molar-refractivity contribution in [3.63, 3.8) is 0 Å². The molecule has 0 heterocycles. The van der Waals surface area contributed by atoms with Crippen LogP contribution in [0.3, 0.4) is 0 Å². The van der Waals surface area contributed by atoms with E-state index in [0.717, 1.165) is 6.42 Å². The lowest BCUT2D eigenvalue weighted by Crippen LogP contribution is -2.47. The molecule has 1 rings (SSSR count). The number of nitrogens with zero attached hydrogens (tertiary/aromatic N) is 1. The Balaban J connectivity index is 2.31. The van der Waals surface area contributed by atoms with Crippen LogP contribution in [-0.2, 0) is 0 Å². The van der Waals surface area contributed by atoms with Crippen LogP contribution in [-0.4, -0.2) is 54.0 Å². The van der Waals surface area contributed by atoms with E-state index >= 15 is 0 Å². The summed E-state index contributed by atoms with van der Waals surface area (Å²) in [6.07, 6.45) is 5.64. The predicted octanol–water partition coefficient (Wildman–Crippen LogP) is 0.567. The molecule has 0 radical (unpaired) electrons. The molecule has 0 saturated heterocycles. The summed E-state index contributed by atoms with van der Waals surface area (Å²) < 4.78 is 0. The Morgan fingerprint density at radius 2 is 1.76 bits per heavy atom. The molecule has 1 aliphatic rings. The van der Waals surface area contributed by atoms with Crippen molar-refractivity contribution >= 4 is 0 Å². The smallest absolute Gasteiger partial charge is 0.0962 e. The number of aliphatic hydroxyl groups excluding tert-OH is 2. The molecule has 0 unspecified atom stereocenters. The van der Waals surface area contributed by atoms with E-state index in [1.54, 1.807) is 0 Å². The van der Waals surface area contributed by atoms with E-state index in [1.807, 2.05) is 19.0 Å². The topological polar surface area (TPSA) is 69.7 Å². The molecule has 1 saturated carbocycles. The summed E-state index contributed by atoms with van der Waals surface area (Å²) in [6, 6.07) is -0.298. The van der Waals surface area contributed by atoms with Gasteiger partial charge in [-0.2, -0.15) is 0 Å². The number of hydrogen-bond acceptors (Lipinski definition) is 4. The van der Waals surface area contributed by atoms with Gasteiger partial charge in [0.25, 0.3) is 0 Å². The zero-order valence-corrected chi connectivity index (χ0v) is 11.2. The molecule has 4 nitrogen and oxygen atoms in total. The summed E-state index contributed by atoms with van der Waals surface area (Å²) in [5.41, 5.74) is 6.00. The van der Waals surface area contributed by atoms with E-state index in [0.29, 0.717) is 12.5 Å². The van der Waals surface area contributed by atoms with Gasteiger partial charge in [-0.3, -0.25) is 0 Å². The highest BCUT2D eigenvalue weighted by atomic mass is 16.3. The van der Waals surface area contributed by atoms with E-state index in [2.05, 4.69) is 0 Å². The summed E-state index contributed by atoms with van der Waals surface area (Å²) in [5.74, 6) is 0.639. The lowest BCUT2D eigenvalue weighted by atomic mass is 9.83. The Morgan fingerprint density at radius 3 is 2.29 bits per heavy atom. The normalized spacial score (nSPS) is 23.6. The molecule has 0 spiro atoms. The second-order valence-corrected chi connectivity index (χ2v) is 5.72. The maximum absolute atomic E-state index is 9.96. The quantitative estimate of drug-likeness (QED) is 0.639. The van der Waals surface area contributed by atoms with Gasteiger partial charge in [-0.1, -0.05) is 32.1 Å². The van der Waals surface area contributed by atoms with E-state index in [1.165, 1.54) is 32.1 Å². The van der Waals surface area contributed by atoms with Gasteiger partial charge in [-0.05, 0) is 26.4 Å². The Labute approximate surface area is 105 Å². The molecule has 4 N–H and O–H groups in total. The van der Waals surface area contributed by atoms with Crippen LogP contribution in [0.2, 0.25) is 0 Å². The molecule has 102 valence electrons. The third kappa shape index (κ3) is 5.34. The van der Waals surface area contributed by atoms with Crippen molar-refractivity contribution in [3.8, 4) is 0 Å². The summed E-state index contributed by atoms with van der Waals surface area (Å²) in [6.45, 7) is 0.458. The fourth-order valence-electron chi connectivity index (χ4n) is 2.71. The van der Waals surface area contributed by atoms with Crippen molar-refractivity contribution < 1.29 is 10.2 Å². The third-order valence-electron chi connectivity index (χ3n) is 3.72. The van der Waals surface area contributed by atoms with Gasteiger partial charge in [0.15, 0.2) is 0 Å². The Kier molecular flexibility index (Phi) is 6.41. The SMILES string of the molecule is CN(C)C[C@H](O)[C@H](O)[C@@H](N)CC1CCCCC1. The van der Waals surface area contributed by atoms with Gasteiger partial charge in [-0.25, -0.2) is 0 Å². The molecule has 1 aliphatic carbocycles. The average molecular weight is 244 g/mol. The monoisotopic (exact) mass is 244 g/mol. The van der Waals surface area contributed by atoms with Crippen molar-refractivity contribution in [2.45, 2.75) is 56.8 Å². The van der Waals surface area contributed by atoms with Crippen molar-refractivity contribution in [3.05, 3.63) is 0 Å². The van der Waals surface area contributed by atoms with Gasteiger partial charge in [0.1, 0.15) is 0 Å². The van der Waals surface area contributed by atoms with Crippen molar-refractivity contribution in [2.24, 2.45) is 11.7 Å². The highest BCUT2D eigenvalue weighted by Crippen LogP contribution is 2.27. The number of hydrogen-bond donors (Lipinski definition) is 3. The number of likely N-dealkylation sites (N-methyl/N-ethyl adjacent to an activating group) is 1. The summed E-state index contributed by atoms with van der Waals surface area (Å²) in [5, 5.41) is 19.8. The fourth-order valence-corrected chi connectivity index (χ4v) is 2.71. The number of nitrogens with two attached hydrogens (primary N) is 1. The van der Waals surface area contributed by atoms with Crippen LogP contribution in [0, 0.1) is 5.92 Å². The van der Waals surface area contributed by atoms with Gasteiger partial charge in [0.05, 0.1) is 12.2 Å². The second kappa shape index (κ2) is 7.31. The highest BCUT2D eigenvalue weighted by Gasteiger charge is 2.26. The standard InChI is InChI=1S/C13H28N2O2/c1-15(2)9-12(16)13(17)11(14)8-10-6-4-3-5-7-10/h10-13,16-17H,3-9,14H2,1-2H3/t11-,12-,13+/m0/s1. The van der Waals surface area contributed by atoms with Gasteiger partial charge in [-0.15, -0.1) is 0 Å². The maximum Gasteiger partial charge on any atom is 0.0962 e. The largest absolute Gasteiger partial charge is 0.389 e. The van der Waals surface area contributed by atoms with Gasteiger partial charge in [0, 0.05) is 12.6 Å². The van der Waals surface area contributed by atoms with Crippen LogP contribution >= 0.6 is 0 Å². The minimum atomic E-state index is -0.806. The zero-order valence-electron chi connectivity index (χ0n) is 11.2. The maximum atomic E-state index is 9.96. The van der Waals surface area contributed by atoms with Crippen LogP contribution in [0.15, 0.2) is 0 Å². The minimum absolute atomic E-state index is 0.298. The fraction of sp³-hybridized carbons (Fsp3) is 1.00. The lowest BCUT2D eigenvalue weighted by molar-refractivity contribution is -0.0131. The molecule has 0 aromatic rings. The van der Waals surface area contributed by atoms with Crippen LogP contribution in [0.4, 0.5) is 0 Å². The van der Waals surface area contributed by atoms with Crippen molar-refractivity contribution in [1.82, 2.24) is 4.90 Å². The molecule has 0 amide bonds. The molecule has 0 aliphatic heterocycles. The van der Waals surface area contributed by atoms with Crippen LogP contribution < -0.4 is 5.73 Å². The Morgan fingerprint density at radius 1 is 1.18 bits per heavy atom. The average Bonchev–Trinajstić information content (AvgIpc) is 2.28. The number of rotatable bonds is 6. The van der Waals surface area contributed by atoms with Gasteiger partial charge >= 0.3 is 0 Å². The first kappa shape index (κ1) is 14.9. The molecule has 1 fully saturated rings. The molecule has 4 heteroatoms. The molecular formula is C13H28N2O2. The molecule has 0 aromatic heterocycles. The first-order valence-electron chi connectivity index (χ1n) is 6.77. The van der Waals surface area contributed by atoms with Crippen molar-refractivity contribution in [2.75, 3.05) is 20.6 Å². The lowest BCUT2D eigenvalue weighted by Gasteiger charge is -2.30. The highest BCUT2D eigenvalue weighted by molar-refractivity contribution is 4.83. The van der Waals surface area contributed by atoms with Crippen LogP contribution in [0.5, 0.6) is 0 Å². The molecule has 0 bridgehead atoms. The van der Waals surface area contributed by atoms with Gasteiger partial charge in [0.2, 0.25) is 0 Å². The second-order valence-electron chi connectivity index (χ2n) is 5.72. The van der Waals surface area contributed by atoms with Crippen LogP contribution in [0.1, 0.15) is 38.5 Å². The zero-order chi connectivity index (χ0) is 12.8. The molecule has 3 atom stereocenters. The van der Waals surface area contributed by atoms with E-state index in [4.69, 9.17) is 5.73 Å². The van der Waals surface area contributed by atoms with E-state index in [-0.39, 0.29) is 6.04 Å². The summed E-state index contributed by atoms with van der Waals surface area (Å²) in [4.78, 5) is 1.86. The number of aliphatic hydroxyl groups is 2. The van der Waals surface area contributed by atoms with E-state index < -0.39 is 12.2 Å². The Bertz CT molecular complexity index is 206.